The number of nitrogens with two attached hydrogens (primary N) is 4. The van der Waals surface area contributed by atoms with Crippen molar-refractivity contribution in [2.24, 2.45) is 11.5 Å². The average Bonchev–Trinajstić information content (AvgIpc) is 2.40. The van der Waals surface area contributed by atoms with Gasteiger partial charge in [-0.1, -0.05) is 30.3 Å². The molecule has 20 heavy (non-hydrogen) atoms. The van der Waals surface area contributed by atoms with E-state index in [0.717, 1.165) is 5.56 Å². The molecule has 2 aromatic rings. The molecule has 0 radical (unpaired) electrons. The van der Waals surface area contributed by atoms with Crippen molar-refractivity contribution in [1.82, 2.24) is 15.0 Å². The fourth-order valence-electron chi connectivity index (χ4n) is 1.13. The summed E-state index contributed by atoms with van der Waals surface area (Å²) >= 11 is 0. The Bertz CT molecular complexity index is 523. The second-order valence-corrected chi connectivity index (χ2v) is 3.14. The fourth-order valence-corrected chi connectivity index (χ4v) is 1.13. The number of carbonyl (C=O) groups is 2. The monoisotopic (exact) mass is 277 g/mol. The van der Waals surface area contributed by atoms with E-state index in [4.69, 9.17) is 21.1 Å². The number of aromatic nitrogens is 3. The molecule has 8 N–H and O–H groups in total. The first-order valence-electron chi connectivity index (χ1n) is 5.15. The van der Waals surface area contributed by atoms with Crippen molar-refractivity contribution >= 4 is 24.7 Å². The molecule has 0 saturated carbocycles. The summed E-state index contributed by atoms with van der Waals surface area (Å²) in [5, 5.41) is 0. The summed E-state index contributed by atoms with van der Waals surface area (Å²) in [4.78, 5) is 28.7. The van der Waals surface area contributed by atoms with Gasteiger partial charge in [-0.2, -0.15) is 15.0 Å². The van der Waals surface area contributed by atoms with Crippen LogP contribution >= 0.6 is 0 Å². The van der Waals surface area contributed by atoms with Gasteiger partial charge in [-0.05, 0) is 0 Å². The van der Waals surface area contributed by atoms with Crippen LogP contribution < -0.4 is 22.9 Å². The number of urea groups is 1. The van der Waals surface area contributed by atoms with Crippen molar-refractivity contribution in [3.8, 4) is 11.4 Å². The minimum Gasteiger partial charge on any atom is -0.368 e. The zero-order valence-electron chi connectivity index (χ0n) is 10.6. The number of nitrogens with zero attached hydrogens (tertiary/aromatic N) is 3. The lowest BCUT2D eigenvalue weighted by atomic mass is 10.2. The minimum atomic E-state index is -0.833. The van der Waals surface area contributed by atoms with Crippen LogP contribution in [0.5, 0.6) is 0 Å². The average molecular weight is 277 g/mol. The maximum absolute atomic E-state index is 9.00. The number of rotatable bonds is 1. The van der Waals surface area contributed by atoms with Gasteiger partial charge in [0.15, 0.2) is 5.82 Å². The molecule has 0 aliphatic heterocycles. The number of primary amides is 2. The molecule has 1 heterocycles. The summed E-state index contributed by atoms with van der Waals surface area (Å²) in [7, 11) is 0. The zero-order valence-corrected chi connectivity index (χ0v) is 10.6. The van der Waals surface area contributed by atoms with Gasteiger partial charge in [-0.25, -0.2) is 4.79 Å². The van der Waals surface area contributed by atoms with Crippen molar-refractivity contribution in [2.75, 3.05) is 11.5 Å². The standard InChI is InChI=1S/C9H9N5.CH4N2O.CH2O/c10-8-12-7(13-9(11)14-8)6-4-2-1-3-5-6;2-1(3)4;1-2/h1-5H,(H4,10,11,12,13,14);(H4,2,3,4);1H2. The molecule has 0 aliphatic rings. The fraction of sp³-hybridized carbons (Fsp3) is 0. The normalized spacial score (nSPS) is 8.40. The molecule has 9 heteroatoms. The Morgan fingerprint density at radius 2 is 1.30 bits per heavy atom. The SMILES string of the molecule is C=O.NC(N)=O.Nc1nc(N)nc(-c2ccccc2)n1. The van der Waals surface area contributed by atoms with Crippen LogP contribution in [0.1, 0.15) is 0 Å². The molecule has 0 fully saturated rings. The molecule has 0 bridgehead atoms. The number of carbonyl (C=O) groups excluding carboxylic acids is 2. The third-order valence-corrected chi connectivity index (χ3v) is 1.70. The predicted octanol–water partition coefficient (Wildman–Crippen LogP) is -0.458. The largest absolute Gasteiger partial charge is 0.368 e. The van der Waals surface area contributed by atoms with E-state index in [9.17, 15) is 0 Å². The molecule has 1 aromatic heterocycles. The van der Waals surface area contributed by atoms with Crippen LogP contribution in [-0.2, 0) is 4.79 Å². The summed E-state index contributed by atoms with van der Waals surface area (Å²) in [5.74, 6) is 0.767. The van der Waals surface area contributed by atoms with Crippen LogP contribution in [0.25, 0.3) is 11.4 Å². The van der Waals surface area contributed by atoms with Crippen LogP contribution in [0.2, 0.25) is 0 Å². The topological polar surface area (TPSA) is 177 Å². The van der Waals surface area contributed by atoms with Gasteiger partial charge >= 0.3 is 6.03 Å². The van der Waals surface area contributed by atoms with E-state index >= 15 is 0 Å². The molecule has 2 rings (SSSR count). The molecule has 106 valence electrons. The van der Waals surface area contributed by atoms with Crippen molar-refractivity contribution in [1.29, 1.82) is 0 Å². The molecule has 9 nitrogen and oxygen atoms in total. The Labute approximate surface area is 115 Å². The highest BCUT2D eigenvalue weighted by Crippen LogP contribution is 2.14. The predicted molar refractivity (Wildman–Crippen MR) is 75.0 cm³/mol. The van der Waals surface area contributed by atoms with Crippen molar-refractivity contribution in [3.63, 3.8) is 0 Å². The highest BCUT2D eigenvalue weighted by Gasteiger charge is 2.03. The van der Waals surface area contributed by atoms with E-state index in [0.29, 0.717) is 5.82 Å². The van der Waals surface area contributed by atoms with E-state index in [1.165, 1.54) is 0 Å². The Morgan fingerprint density at radius 1 is 0.900 bits per heavy atom. The molecule has 1 aromatic carbocycles. The number of hydrogen-bond donors (Lipinski definition) is 4. The number of nitrogen functional groups attached to an aromatic ring is 2. The summed E-state index contributed by atoms with van der Waals surface area (Å²) < 4.78 is 0. The van der Waals surface area contributed by atoms with Gasteiger partial charge in [0.2, 0.25) is 11.9 Å². The van der Waals surface area contributed by atoms with Gasteiger partial charge in [0, 0.05) is 5.56 Å². The Hall–Kier alpha value is -3.23. The van der Waals surface area contributed by atoms with Crippen LogP contribution in [0.3, 0.4) is 0 Å². The van der Waals surface area contributed by atoms with Gasteiger partial charge in [-0.15, -0.1) is 0 Å². The van der Waals surface area contributed by atoms with Crippen LogP contribution in [0, 0.1) is 0 Å². The lowest BCUT2D eigenvalue weighted by Gasteiger charge is -2.00. The number of amides is 2. The first-order valence-corrected chi connectivity index (χ1v) is 5.15. The molecule has 0 saturated heterocycles. The summed E-state index contributed by atoms with van der Waals surface area (Å²) in [6, 6.07) is 8.64. The van der Waals surface area contributed by atoms with E-state index in [1.54, 1.807) is 0 Å². The van der Waals surface area contributed by atoms with Crippen molar-refractivity contribution < 1.29 is 9.59 Å². The van der Waals surface area contributed by atoms with E-state index < -0.39 is 6.03 Å². The second kappa shape index (κ2) is 8.80. The molecular formula is C11H15N7O2. The van der Waals surface area contributed by atoms with E-state index in [1.807, 2.05) is 37.1 Å². The lowest BCUT2D eigenvalue weighted by molar-refractivity contribution is -0.0979. The maximum Gasteiger partial charge on any atom is 0.309 e. The van der Waals surface area contributed by atoms with Gasteiger partial charge in [0.25, 0.3) is 0 Å². The number of anilines is 2. The maximum atomic E-state index is 9.00. The van der Waals surface area contributed by atoms with Crippen molar-refractivity contribution in [2.45, 2.75) is 0 Å². The molecule has 0 atom stereocenters. The van der Waals surface area contributed by atoms with Crippen LogP contribution in [0.15, 0.2) is 30.3 Å². The Morgan fingerprint density at radius 3 is 1.70 bits per heavy atom. The van der Waals surface area contributed by atoms with E-state index in [2.05, 4.69) is 26.4 Å². The Balaban J connectivity index is 0.000000521. The molecular weight excluding hydrogens is 262 g/mol. The van der Waals surface area contributed by atoms with Gasteiger partial charge in [0.05, 0.1) is 0 Å². The first kappa shape index (κ1) is 16.8. The second-order valence-electron chi connectivity index (χ2n) is 3.14. The smallest absolute Gasteiger partial charge is 0.309 e. The molecule has 0 unspecified atom stereocenters. The van der Waals surface area contributed by atoms with Crippen LogP contribution in [0.4, 0.5) is 16.7 Å². The lowest BCUT2D eigenvalue weighted by Crippen LogP contribution is -2.18. The number of hydrogen-bond acceptors (Lipinski definition) is 7. The summed E-state index contributed by atoms with van der Waals surface area (Å²) in [5.41, 5.74) is 20.3. The molecule has 2 amide bonds. The summed E-state index contributed by atoms with van der Waals surface area (Å²) in [6.07, 6.45) is 0. The minimum absolute atomic E-state index is 0.136. The molecule has 0 aliphatic carbocycles. The van der Waals surface area contributed by atoms with Gasteiger partial charge in [-0.3, -0.25) is 0 Å². The first-order chi connectivity index (χ1) is 9.49. The quantitative estimate of drug-likeness (QED) is 0.544. The van der Waals surface area contributed by atoms with Crippen LogP contribution in [-0.4, -0.2) is 27.8 Å². The Kier molecular flexibility index (Phi) is 7.38. The third kappa shape index (κ3) is 6.49. The highest BCUT2D eigenvalue weighted by molar-refractivity contribution is 5.69. The zero-order chi connectivity index (χ0) is 15.5. The summed E-state index contributed by atoms with van der Waals surface area (Å²) in [6.45, 7) is 2.00. The van der Waals surface area contributed by atoms with E-state index in [-0.39, 0.29) is 11.9 Å². The third-order valence-electron chi connectivity index (χ3n) is 1.70. The number of benzene rings is 1. The van der Waals surface area contributed by atoms with Gasteiger partial charge < -0.3 is 27.7 Å². The molecule has 0 spiro atoms. The highest BCUT2D eigenvalue weighted by atomic mass is 16.2. The van der Waals surface area contributed by atoms with Gasteiger partial charge in [0.1, 0.15) is 6.79 Å². The van der Waals surface area contributed by atoms with Crippen molar-refractivity contribution in [3.05, 3.63) is 30.3 Å².